The number of pyridine rings is 1. The molecular formula is C25H27FN7OP. The highest BCUT2D eigenvalue weighted by molar-refractivity contribution is 7.69. The van der Waals surface area contributed by atoms with Gasteiger partial charge in [-0.05, 0) is 80.4 Å². The summed E-state index contributed by atoms with van der Waals surface area (Å²) in [7, 11) is -0.466. The van der Waals surface area contributed by atoms with Crippen LogP contribution in [0.15, 0.2) is 30.5 Å². The monoisotopic (exact) mass is 491 g/mol. The lowest BCUT2D eigenvalue weighted by Gasteiger charge is -2.37. The summed E-state index contributed by atoms with van der Waals surface area (Å²) in [5.41, 5.74) is 4.13. The molecule has 3 aromatic rings. The van der Waals surface area contributed by atoms with Crippen molar-refractivity contribution in [2.24, 2.45) is 0 Å². The predicted octanol–water partition coefficient (Wildman–Crippen LogP) is 4.48. The molecule has 1 aromatic carbocycles. The number of rotatable bonds is 5. The molecule has 1 unspecified atom stereocenters. The minimum absolute atomic E-state index is 0.168. The standard InChI is InChI=1S/C25H27FN7OP/c1-33-13-15-6-4-7-18-22(15)16(14-33)10-19(23(18)26)29-25-28-12-17(11-27)24(32-25)31-20-8-5-9-21(30-20)35(2,3)34/h5,8-10,12,15H,4,6-7,13-14H2,1-3H3,(H2,28,29,30,31,32). The number of hydrogen-bond donors (Lipinski definition) is 2. The maximum atomic E-state index is 15.6. The molecule has 3 heterocycles. The first-order valence-electron chi connectivity index (χ1n) is 11.6. The van der Waals surface area contributed by atoms with E-state index in [1.54, 1.807) is 31.5 Å². The van der Waals surface area contributed by atoms with Crippen LogP contribution in [0.2, 0.25) is 0 Å². The van der Waals surface area contributed by atoms with Gasteiger partial charge >= 0.3 is 0 Å². The summed E-state index contributed by atoms with van der Waals surface area (Å²) in [6, 6.07) is 9.08. The summed E-state index contributed by atoms with van der Waals surface area (Å²) in [6.45, 7) is 5.02. The number of benzene rings is 1. The summed E-state index contributed by atoms with van der Waals surface area (Å²) >= 11 is 0. The maximum absolute atomic E-state index is 15.6. The van der Waals surface area contributed by atoms with Crippen molar-refractivity contribution in [1.29, 1.82) is 5.26 Å². The summed E-state index contributed by atoms with van der Waals surface area (Å²) in [5, 5.41) is 15.6. The molecule has 2 aliphatic rings. The Morgan fingerprint density at radius 3 is 2.86 bits per heavy atom. The van der Waals surface area contributed by atoms with Crippen molar-refractivity contribution >= 4 is 35.8 Å². The average Bonchev–Trinajstić information content (AvgIpc) is 2.82. The van der Waals surface area contributed by atoms with Crippen LogP contribution in [0.4, 0.5) is 27.7 Å². The molecule has 10 heteroatoms. The van der Waals surface area contributed by atoms with Gasteiger partial charge in [0.25, 0.3) is 0 Å². The first-order chi connectivity index (χ1) is 16.7. The van der Waals surface area contributed by atoms with Crippen molar-refractivity contribution in [2.45, 2.75) is 31.7 Å². The van der Waals surface area contributed by atoms with Crippen LogP contribution in [0.25, 0.3) is 0 Å². The summed E-state index contributed by atoms with van der Waals surface area (Å²) in [5.74, 6) is 0.934. The second-order valence-electron chi connectivity index (χ2n) is 9.62. The molecule has 35 heavy (non-hydrogen) atoms. The molecule has 0 amide bonds. The smallest absolute Gasteiger partial charge is 0.229 e. The van der Waals surface area contributed by atoms with Gasteiger partial charge in [-0.25, -0.2) is 14.4 Å². The Morgan fingerprint density at radius 2 is 2.09 bits per heavy atom. The van der Waals surface area contributed by atoms with E-state index >= 15 is 4.39 Å². The number of halogens is 1. The molecule has 8 nitrogen and oxygen atoms in total. The van der Waals surface area contributed by atoms with Crippen LogP contribution in [0.3, 0.4) is 0 Å². The molecule has 2 aromatic heterocycles. The van der Waals surface area contributed by atoms with Gasteiger partial charge in [0.2, 0.25) is 5.95 Å². The van der Waals surface area contributed by atoms with Gasteiger partial charge in [0, 0.05) is 13.1 Å². The number of nitrogens with zero attached hydrogens (tertiary/aromatic N) is 5. The van der Waals surface area contributed by atoms with Crippen LogP contribution in [0, 0.1) is 17.1 Å². The topological polar surface area (TPSA) is 107 Å². The largest absolute Gasteiger partial charge is 0.324 e. The van der Waals surface area contributed by atoms with Gasteiger partial charge in [-0.2, -0.15) is 10.2 Å². The third-order valence-electron chi connectivity index (χ3n) is 6.54. The lowest BCUT2D eigenvalue weighted by molar-refractivity contribution is 0.265. The van der Waals surface area contributed by atoms with Crippen molar-refractivity contribution in [2.75, 3.05) is 37.6 Å². The van der Waals surface area contributed by atoms with Gasteiger partial charge < -0.3 is 20.1 Å². The summed E-state index contributed by atoms with van der Waals surface area (Å²) < 4.78 is 28.0. The Balaban J connectivity index is 1.48. The zero-order valence-electron chi connectivity index (χ0n) is 20.0. The molecule has 0 spiro atoms. The third-order valence-corrected chi connectivity index (χ3v) is 7.89. The Labute approximate surface area is 204 Å². The lowest BCUT2D eigenvalue weighted by atomic mass is 9.77. The average molecular weight is 492 g/mol. The Bertz CT molecular complexity index is 1400. The van der Waals surface area contributed by atoms with E-state index in [1.807, 2.05) is 6.07 Å². The number of nitrogens with one attached hydrogen (secondary N) is 2. The number of nitriles is 1. The Morgan fingerprint density at radius 1 is 1.26 bits per heavy atom. The zero-order valence-corrected chi connectivity index (χ0v) is 20.9. The summed E-state index contributed by atoms with van der Waals surface area (Å²) in [6.07, 6.45) is 4.17. The number of anilines is 4. The van der Waals surface area contributed by atoms with Gasteiger partial charge in [-0.1, -0.05) is 6.07 Å². The fraction of sp³-hybridized carbons (Fsp3) is 0.360. The van der Waals surface area contributed by atoms with E-state index in [9.17, 15) is 9.83 Å². The Kier molecular flexibility index (Phi) is 6.04. The van der Waals surface area contributed by atoms with Gasteiger partial charge in [0.1, 0.15) is 35.8 Å². The SMILES string of the molecule is CN1Cc2cc(Nc3ncc(C#N)c(Nc4cccc(P(C)(C)=O)n4)n3)c(F)c3c2C(CCC3)C1. The van der Waals surface area contributed by atoms with Crippen LogP contribution >= 0.6 is 7.14 Å². The van der Waals surface area contributed by atoms with E-state index in [4.69, 9.17) is 0 Å². The molecule has 0 fully saturated rings. The quantitative estimate of drug-likeness (QED) is 0.503. The first-order valence-corrected chi connectivity index (χ1v) is 14.2. The first kappa shape index (κ1) is 23.4. The molecule has 0 saturated heterocycles. The highest BCUT2D eigenvalue weighted by Crippen LogP contribution is 2.42. The van der Waals surface area contributed by atoms with Crippen molar-refractivity contribution in [1.82, 2.24) is 19.9 Å². The number of hydrogen-bond acceptors (Lipinski definition) is 8. The highest BCUT2D eigenvalue weighted by Gasteiger charge is 2.32. The minimum Gasteiger partial charge on any atom is -0.324 e. The van der Waals surface area contributed by atoms with Crippen molar-refractivity contribution in [3.63, 3.8) is 0 Å². The normalized spacial score (nSPS) is 17.4. The molecule has 2 N–H and O–H groups in total. The fourth-order valence-corrected chi connectivity index (χ4v) is 5.80. The predicted molar refractivity (Wildman–Crippen MR) is 135 cm³/mol. The van der Waals surface area contributed by atoms with E-state index in [1.165, 1.54) is 11.8 Å². The molecule has 5 rings (SSSR count). The molecule has 0 radical (unpaired) electrons. The van der Waals surface area contributed by atoms with E-state index in [2.05, 4.69) is 43.6 Å². The van der Waals surface area contributed by atoms with Crippen LogP contribution < -0.4 is 16.1 Å². The van der Waals surface area contributed by atoms with Crippen molar-refractivity contribution in [3.8, 4) is 6.07 Å². The third kappa shape index (κ3) is 4.64. The number of likely N-dealkylation sites (N-methyl/N-ethyl adjacent to an activating group) is 1. The van der Waals surface area contributed by atoms with Crippen LogP contribution in [0.5, 0.6) is 0 Å². The molecular weight excluding hydrogens is 464 g/mol. The van der Waals surface area contributed by atoms with Crippen LogP contribution in [-0.4, -0.2) is 46.8 Å². The van der Waals surface area contributed by atoms with Gasteiger partial charge in [-0.3, -0.25) is 0 Å². The molecule has 180 valence electrons. The number of aromatic nitrogens is 3. The van der Waals surface area contributed by atoms with Gasteiger partial charge in [0.15, 0.2) is 5.82 Å². The van der Waals surface area contributed by atoms with Gasteiger partial charge in [0.05, 0.1) is 11.9 Å². The zero-order chi connectivity index (χ0) is 24.7. The van der Waals surface area contributed by atoms with E-state index < -0.39 is 7.14 Å². The van der Waals surface area contributed by atoms with Crippen molar-refractivity contribution < 1.29 is 8.96 Å². The Hall–Kier alpha value is -3.34. The van der Waals surface area contributed by atoms with Crippen LogP contribution in [0.1, 0.15) is 41.0 Å². The second kappa shape index (κ2) is 9.03. The molecule has 0 bridgehead atoms. The van der Waals surface area contributed by atoms with E-state index in [-0.39, 0.29) is 23.1 Å². The molecule has 1 atom stereocenters. The maximum Gasteiger partial charge on any atom is 0.229 e. The second-order valence-corrected chi connectivity index (χ2v) is 12.8. The van der Waals surface area contributed by atoms with E-state index in [0.717, 1.165) is 43.5 Å². The molecule has 1 aliphatic heterocycles. The van der Waals surface area contributed by atoms with Gasteiger partial charge in [-0.15, -0.1) is 0 Å². The molecule has 1 aliphatic carbocycles. The highest BCUT2D eigenvalue weighted by atomic mass is 31.2. The minimum atomic E-state index is -2.56. The fourth-order valence-electron chi connectivity index (χ4n) is 5.00. The van der Waals surface area contributed by atoms with Crippen molar-refractivity contribution in [3.05, 3.63) is 58.5 Å². The van der Waals surface area contributed by atoms with Crippen LogP contribution in [-0.2, 0) is 17.5 Å². The summed E-state index contributed by atoms with van der Waals surface area (Å²) in [4.78, 5) is 15.3. The van der Waals surface area contributed by atoms with E-state index in [0.29, 0.717) is 22.9 Å². The molecule has 0 saturated carbocycles. The lowest BCUT2D eigenvalue weighted by Crippen LogP contribution is -2.33.